The molecule has 0 aliphatic rings. The summed E-state index contributed by atoms with van der Waals surface area (Å²) in [5, 5.41) is 6.64. The van der Waals surface area contributed by atoms with Crippen LogP contribution in [0.1, 0.15) is 31.9 Å². The molecule has 0 fully saturated rings. The van der Waals surface area contributed by atoms with Gasteiger partial charge in [0.15, 0.2) is 5.96 Å². The van der Waals surface area contributed by atoms with Gasteiger partial charge >= 0.3 is 0 Å². The van der Waals surface area contributed by atoms with Crippen molar-refractivity contribution in [2.75, 3.05) is 31.6 Å². The first kappa shape index (κ1) is 24.0. The molecule has 2 N–H and O–H groups in total. The predicted octanol–water partition coefficient (Wildman–Crippen LogP) is 3.81. The van der Waals surface area contributed by atoms with Crippen molar-refractivity contribution in [1.29, 1.82) is 0 Å². The summed E-state index contributed by atoms with van der Waals surface area (Å²) < 4.78 is 5.19. The molecule has 0 aliphatic carbocycles. The first-order chi connectivity index (χ1) is 13.2. The number of hydrogen-bond donors (Lipinski definition) is 2. The number of nitrogens with one attached hydrogen (secondary N) is 2. The average molecular weight is 497 g/mol. The van der Waals surface area contributed by atoms with Crippen molar-refractivity contribution in [2.24, 2.45) is 4.99 Å². The number of rotatable bonds is 9. The number of benzene rings is 1. The molecular formula is C21H32IN5O. The molecule has 154 valence electrons. The van der Waals surface area contributed by atoms with Gasteiger partial charge in [0, 0.05) is 32.4 Å². The maximum Gasteiger partial charge on any atom is 0.191 e. The lowest BCUT2D eigenvalue weighted by Gasteiger charge is -2.19. The van der Waals surface area contributed by atoms with Crippen LogP contribution < -0.4 is 20.3 Å². The maximum atomic E-state index is 5.19. The molecule has 6 nitrogen and oxygen atoms in total. The zero-order chi connectivity index (χ0) is 19.5. The summed E-state index contributed by atoms with van der Waals surface area (Å²) in [5.74, 6) is 2.67. The van der Waals surface area contributed by atoms with Crippen LogP contribution in [-0.4, -0.2) is 37.7 Å². The molecule has 0 spiro atoms. The minimum absolute atomic E-state index is 0. The highest BCUT2D eigenvalue weighted by atomic mass is 127. The minimum atomic E-state index is 0. The first-order valence-electron chi connectivity index (χ1n) is 9.55. The third-order valence-corrected chi connectivity index (χ3v) is 4.28. The second-order valence-electron chi connectivity index (χ2n) is 6.09. The van der Waals surface area contributed by atoms with Crippen molar-refractivity contribution in [3.63, 3.8) is 0 Å². The van der Waals surface area contributed by atoms with E-state index in [0.29, 0.717) is 13.1 Å². The van der Waals surface area contributed by atoms with Crippen LogP contribution >= 0.6 is 24.0 Å². The summed E-state index contributed by atoms with van der Waals surface area (Å²) in [6.07, 6.45) is 1.91. The Bertz CT molecular complexity index is 700. The van der Waals surface area contributed by atoms with Crippen LogP contribution in [0.4, 0.5) is 5.82 Å². The molecule has 2 aromatic rings. The summed E-state index contributed by atoms with van der Waals surface area (Å²) >= 11 is 0. The SMILES string of the molecule is CCNC(=NCc1ccc(N(CC)CC)nc1)NCc1ccc(OC)cc1.I. The maximum absolute atomic E-state index is 5.19. The minimum Gasteiger partial charge on any atom is -0.497 e. The number of guanidine groups is 1. The second-order valence-corrected chi connectivity index (χ2v) is 6.09. The molecule has 0 aliphatic heterocycles. The normalized spacial score (nSPS) is 10.8. The highest BCUT2D eigenvalue weighted by Crippen LogP contribution is 2.12. The number of aliphatic imine (C=N–C) groups is 1. The van der Waals surface area contributed by atoms with Crippen molar-refractivity contribution in [2.45, 2.75) is 33.9 Å². The Morgan fingerprint density at radius 2 is 1.68 bits per heavy atom. The standard InChI is InChI=1S/C21H31N5O.HI/c1-5-22-21(24-14-17-8-11-19(27-4)12-9-17)25-16-18-10-13-20(23-15-18)26(6-2)7-3;/h8-13,15H,5-7,14,16H2,1-4H3,(H2,22,24,25);1H. The molecule has 7 heteroatoms. The summed E-state index contributed by atoms with van der Waals surface area (Å²) in [4.78, 5) is 11.5. The number of halogens is 1. The molecule has 0 radical (unpaired) electrons. The van der Waals surface area contributed by atoms with Crippen LogP contribution in [0, 0.1) is 0 Å². The number of ether oxygens (including phenoxy) is 1. The Labute approximate surface area is 185 Å². The number of anilines is 1. The van der Waals surface area contributed by atoms with Gasteiger partial charge in [-0.2, -0.15) is 0 Å². The number of aromatic nitrogens is 1. The summed E-state index contributed by atoms with van der Waals surface area (Å²) in [7, 11) is 1.67. The van der Waals surface area contributed by atoms with Crippen LogP contribution in [0.5, 0.6) is 5.75 Å². The van der Waals surface area contributed by atoms with Crippen molar-refractivity contribution in [3.8, 4) is 5.75 Å². The fraction of sp³-hybridized carbons (Fsp3) is 0.429. The molecule has 1 aromatic heterocycles. The molecule has 0 atom stereocenters. The second kappa shape index (κ2) is 13.2. The van der Waals surface area contributed by atoms with Gasteiger partial charge in [0.2, 0.25) is 0 Å². The van der Waals surface area contributed by atoms with E-state index in [0.717, 1.165) is 42.7 Å². The molecule has 0 amide bonds. The summed E-state index contributed by atoms with van der Waals surface area (Å²) in [5.41, 5.74) is 2.26. The molecule has 0 unspecified atom stereocenters. The number of hydrogen-bond acceptors (Lipinski definition) is 4. The first-order valence-corrected chi connectivity index (χ1v) is 9.55. The molecule has 2 rings (SSSR count). The Balaban J connectivity index is 0.00000392. The van der Waals surface area contributed by atoms with Gasteiger partial charge in [0.05, 0.1) is 13.7 Å². The van der Waals surface area contributed by atoms with Gasteiger partial charge in [-0.3, -0.25) is 0 Å². The van der Waals surface area contributed by atoms with Crippen LogP contribution in [0.15, 0.2) is 47.6 Å². The smallest absolute Gasteiger partial charge is 0.191 e. The lowest BCUT2D eigenvalue weighted by molar-refractivity contribution is 0.414. The molecule has 28 heavy (non-hydrogen) atoms. The molecule has 0 saturated carbocycles. The van der Waals surface area contributed by atoms with Gasteiger partial charge < -0.3 is 20.3 Å². The van der Waals surface area contributed by atoms with E-state index in [-0.39, 0.29) is 24.0 Å². The Kier molecular flexibility index (Phi) is 11.3. The third kappa shape index (κ3) is 7.53. The Morgan fingerprint density at radius 3 is 2.21 bits per heavy atom. The van der Waals surface area contributed by atoms with Crippen molar-refractivity contribution < 1.29 is 4.74 Å². The summed E-state index contributed by atoms with van der Waals surface area (Å²) in [6, 6.07) is 12.2. The van der Waals surface area contributed by atoms with Gasteiger partial charge in [-0.15, -0.1) is 24.0 Å². The average Bonchev–Trinajstić information content (AvgIpc) is 2.72. The van der Waals surface area contributed by atoms with E-state index in [9.17, 15) is 0 Å². The van der Waals surface area contributed by atoms with E-state index in [1.807, 2.05) is 30.5 Å². The molecule has 1 heterocycles. The quantitative estimate of drug-likeness (QED) is 0.314. The van der Waals surface area contributed by atoms with E-state index < -0.39 is 0 Å². The van der Waals surface area contributed by atoms with E-state index >= 15 is 0 Å². The Morgan fingerprint density at radius 1 is 1.00 bits per heavy atom. The highest BCUT2D eigenvalue weighted by molar-refractivity contribution is 14.0. The van der Waals surface area contributed by atoms with Gasteiger partial charge in [0.1, 0.15) is 11.6 Å². The van der Waals surface area contributed by atoms with Crippen molar-refractivity contribution in [3.05, 3.63) is 53.7 Å². The van der Waals surface area contributed by atoms with E-state index in [1.54, 1.807) is 7.11 Å². The fourth-order valence-electron chi connectivity index (χ4n) is 2.69. The largest absolute Gasteiger partial charge is 0.497 e. The van der Waals surface area contributed by atoms with Gasteiger partial charge in [-0.25, -0.2) is 9.98 Å². The van der Waals surface area contributed by atoms with Gasteiger partial charge in [-0.05, 0) is 50.1 Å². The molecular weight excluding hydrogens is 465 g/mol. The zero-order valence-corrected chi connectivity index (χ0v) is 19.6. The number of nitrogens with zero attached hydrogens (tertiary/aromatic N) is 3. The van der Waals surface area contributed by atoms with E-state index in [2.05, 4.69) is 58.4 Å². The predicted molar refractivity (Wildman–Crippen MR) is 128 cm³/mol. The zero-order valence-electron chi connectivity index (χ0n) is 17.2. The lowest BCUT2D eigenvalue weighted by atomic mass is 10.2. The van der Waals surface area contributed by atoms with Crippen LogP contribution in [0.3, 0.4) is 0 Å². The monoisotopic (exact) mass is 497 g/mol. The van der Waals surface area contributed by atoms with Gasteiger partial charge in [0.25, 0.3) is 0 Å². The topological polar surface area (TPSA) is 61.8 Å². The molecule has 0 saturated heterocycles. The number of pyridine rings is 1. The van der Waals surface area contributed by atoms with Crippen LogP contribution in [0.2, 0.25) is 0 Å². The fourth-order valence-corrected chi connectivity index (χ4v) is 2.69. The van der Waals surface area contributed by atoms with Gasteiger partial charge in [-0.1, -0.05) is 18.2 Å². The van der Waals surface area contributed by atoms with Crippen LogP contribution in [0.25, 0.3) is 0 Å². The molecule has 1 aromatic carbocycles. The third-order valence-electron chi connectivity index (χ3n) is 4.28. The van der Waals surface area contributed by atoms with Crippen molar-refractivity contribution >= 4 is 35.8 Å². The number of methoxy groups -OCH3 is 1. The van der Waals surface area contributed by atoms with E-state index in [1.165, 1.54) is 5.56 Å². The Hall–Kier alpha value is -2.03. The van der Waals surface area contributed by atoms with E-state index in [4.69, 9.17) is 4.74 Å². The molecule has 0 bridgehead atoms. The van der Waals surface area contributed by atoms with Crippen molar-refractivity contribution in [1.82, 2.24) is 15.6 Å². The highest BCUT2D eigenvalue weighted by Gasteiger charge is 2.03. The van der Waals surface area contributed by atoms with Crippen LogP contribution in [-0.2, 0) is 13.1 Å². The lowest BCUT2D eigenvalue weighted by Crippen LogP contribution is -2.36. The summed E-state index contributed by atoms with van der Waals surface area (Å²) in [6.45, 7) is 10.4.